The van der Waals surface area contributed by atoms with Gasteiger partial charge in [0.25, 0.3) is 5.91 Å². The smallest absolute Gasteiger partial charge is 0.252 e. The highest BCUT2D eigenvalue weighted by Gasteiger charge is 2.39. The standard InChI is InChI=1S/C21H20FN5O/c1-21(22)8-4-7-18(21)26-19-16(20(24)28)11-25-27-12-14(9-17(19)27)15-6-3-2-5-13(15)10-23/h2-3,5-6,9,11-12,18,26H,4,7-8H2,1H3,(H2,24,28)/t18-,21+/m1/s1. The van der Waals surface area contributed by atoms with Crippen LogP contribution in [0.1, 0.15) is 42.1 Å². The van der Waals surface area contributed by atoms with Crippen molar-refractivity contribution in [3.8, 4) is 17.2 Å². The summed E-state index contributed by atoms with van der Waals surface area (Å²) in [4.78, 5) is 12.0. The van der Waals surface area contributed by atoms with Crippen molar-refractivity contribution in [1.29, 1.82) is 5.26 Å². The molecular weight excluding hydrogens is 357 g/mol. The maximum absolute atomic E-state index is 14.8. The minimum Gasteiger partial charge on any atom is -0.377 e. The van der Waals surface area contributed by atoms with E-state index in [1.807, 2.05) is 18.2 Å². The highest BCUT2D eigenvalue weighted by atomic mass is 19.1. The Labute approximate surface area is 161 Å². The van der Waals surface area contributed by atoms with Crippen LogP contribution in [0.2, 0.25) is 0 Å². The fourth-order valence-electron chi connectivity index (χ4n) is 3.90. The third kappa shape index (κ3) is 2.97. The van der Waals surface area contributed by atoms with Crippen molar-refractivity contribution in [3.05, 3.63) is 53.9 Å². The van der Waals surface area contributed by atoms with Crippen molar-refractivity contribution in [3.63, 3.8) is 0 Å². The zero-order valence-electron chi connectivity index (χ0n) is 15.4. The van der Waals surface area contributed by atoms with Crippen LogP contribution in [0.25, 0.3) is 16.6 Å². The zero-order valence-corrected chi connectivity index (χ0v) is 15.4. The van der Waals surface area contributed by atoms with Crippen LogP contribution in [0.15, 0.2) is 42.7 Å². The molecule has 0 saturated heterocycles. The van der Waals surface area contributed by atoms with Gasteiger partial charge < -0.3 is 11.1 Å². The van der Waals surface area contributed by atoms with Gasteiger partial charge in [0.05, 0.1) is 40.6 Å². The largest absolute Gasteiger partial charge is 0.377 e. The number of amides is 1. The number of carbonyl (C=O) groups excluding carboxylic acids is 1. The third-order valence-corrected chi connectivity index (χ3v) is 5.46. The first kappa shape index (κ1) is 18.0. The maximum Gasteiger partial charge on any atom is 0.252 e. The van der Waals surface area contributed by atoms with Gasteiger partial charge in [-0.15, -0.1) is 0 Å². The minimum absolute atomic E-state index is 0.216. The molecule has 1 amide bonds. The molecule has 0 radical (unpaired) electrons. The van der Waals surface area contributed by atoms with Crippen molar-refractivity contribution >= 4 is 17.1 Å². The molecule has 1 aliphatic rings. The summed E-state index contributed by atoms with van der Waals surface area (Å²) < 4.78 is 16.4. The van der Waals surface area contributed by atoms with Gasteiger partial charge in [-0.1, -0.05) is 18.2 Å². The molecule has 4 rings (SSSR count). The van der Waals surface area contributed by atoms with Crippen LogP contribution < -0.4 is 11.1 Å². The SMILES string of the molecule is C[C@]1(F)CCC[C@H]1Nc1c(C(N)=O)cnn2cc(-c3ccccc3C#N)cc12. The molecule has 0 bridgehead atoms. The molecule has 28 heavy (non-hydrogen) atoms. The first-order valence-corrected chi connectivity index (χ1v) is 9.17. The number of nitriles is 1. The fraction of sp³-hybridized carbons (Fsp3) is 0.286. The molecule has 3 N–H and O–H groups in total. The predicted octanol–water partition coefficient (Wildman–Crippen LogP) is 3.66. The van der Waals surface area contributed by atoms with E-state index in [9.17, 15) is 14.4 Å². The zero-order chi connectivity index (χ0) is 19.9. The lowest BCUT2D eigenvalue weighted by Gasteiger charge is -2.26. The molecule has 0 aliphatic heterocycles. The predicted molar refractivity (Wildman–Crippen MR) is 105 cm³/mol. The number of nitrogens with zero attached hydrogens (tertiary/aromatic N) is 3. The van der Waals surface area contributed by atoms with Gasteiger partial charge in [-0.2, -0.15) is 10.4 Å². The topological polar surface area (TPSA) is 96.2 Å². The van der Waals surface area contributed by atoms with Gasteiger partial charge in [-0.25, -0.2) is 8.91 Å². The Kier molecular flexibility index (Phi) is 4.27. The Hall–Kier alpha value is -3.40. The number of hydrogen-bond donors (Lipinski definition) is 2. The number of halogens is 1. The first-order chi connectivity index (χ1) is 13.4. The molecule has 1 saturated carbocycles. The number of aromatic nitrogens is 2. The lowest BCUT2D eigenvalue weighted by Crippen LogP contribution is -2.36. The Balaban J connectivity index is 1.87. The van der Waals surface area contributed by atoms with E-state index in [-0.39, 0.29) is 5.56 Å². The number of fused-ring (bicyclic) bond motifs is 1. The van der Waals surface area contributed by atoms with Gasteiger partial charge >= 0.3 is 0 Å². The van der Waals surface area contributed by atoms with Crippen LogP contribution in [0, 0.1) is 11.3 Å². The van der Waals surface area contributed by atoms with Crippen molar-refractivity contribution in [2.24, 2.45) is 5.73 Å². The summed E-state index contributed by atoms with van der Waals surface area (Å²) in [5.41, 5.74) is 7.56. The van der Waals surface area contributed by atoms with Gasteiger partial charge in [0.1, 0.15) is 5.67 Å². The highest BCUT2D eigenvalue weighted by molar-refractivity contribution is 6.02. The van der Waals surface area contributed by atoms with Gasteiger partial charge in [-0.3, -0.25) is 4.79 Å². The lowest BCUT2D eigenvalue weighted by molar-refractivity contribution is 0.1000. The van der Waals surface area contributed by atoms with E-state index in [4.69, 9.17) is 5.73 Å². The van der Waals surface area contributed by atoms with Gasteiger partial charge in [-0.05, 0) is 38.3 Å². The van der Waals surface area contributed by atoms with Gasteiger partial charge in [0.2, 0.25) is 0 Å². The molecule has 6 nitrogen and oxygen atoms in total. The highest BCUT2D eigenvalue weighted by Crippen LogP contribution is 2.37. The Morgan fingerprint density at radius 2 is 2.25 bits per heavy atom. The number of hydrogen-bond acceptors (Lipinski definition) is 4. The van der Waals surface area contributed by atoms with E-state index in [1.54, 1.807) is 29.8 Å². The Morgan fingerprint density at radius 1 is 1.46 bits per heavy atom. The third-order valence-electron chi connectivity index (χ3n) is 5.46. The van der Waals surface area contributed by atoms with Crippen molar-refractivity contribution in [1.82, 2.24) is 9.61 Å². The van der Waals surface area contributed by atoms with E-state index in [2.05, 4.69) is 16.5 Å². The maximum atomic E-state index is 14.8. The molecule has 0 spiro atoms. The number of rotatable bonds is 4. The van der Waals surface area contributed by atoms with Crippen molar-refractivity contribution in [2.45, 2.75) is 37.9 Å². The summed E-state index contributed by atoms with van der Waals surface area (Å²) in [5.74, 6) is -0.628. The molecular formula is C21H20FN5O. The average molecular weight is 377 g/mol. The number of carbonyl (C=O) groups is 1. The van der Waals surface area contributed by atoms with Crippen LogP contribution in [0.3, 0.4) is 0 Å². The van der Waals surface area contributed by atoms with Crippen LogP contribution in [0.4, 0.5) is 10.1 Å². The van der Waals surface area contributed by atoms with E-state index >= 15 is 0 Å². The number of nitrogens with one attached hydrogen (secondary N) is 1. The number of alkyl halides is 1. The average Bonchev–Trinajstić information content (AvgIpc) is 3.25. The molecule has 7 heteroatoms. The number of primary amides is 1. The molecule has 1 aliphatic carbocycles. The summed E-state index contributed by atoms with van der Waals surface area (Å²) in [7, 11) is 0. The summed E-state index contributed by atoms with van der Waals surface area (Å²) in [6.07, 6.45) is 5.09. The molecule has 142 valence electrons. The number of nitrogens with two attached hydrogens (primary N) is 1. The quantitative estimate of drug-likeness (QED) is 0.725. The monoisotopic (exact) mass is 377 g/mol. The van der Waals surface area contributed by atoms with E-state index < -0.39 is 17.6 Å². The number of anilines is 1. The second-order valence-electron chi connectivity index (χ2n) is 7.38. The van der Waals surface area contributed by atoms with Crippen molar-refractivity contribution in [2.75, 3.05) is 5.32 Å². The molecule has 2 atom stereocenters. The van der Waals surface area contributed by atoms with Crippen LogP contribution in [-0.2, 0) is 0 Å². The first-order valence-electron chi connectivity index (χ1n) is 9.17. The minimum atomic E-state index is -1.36. The molecule has 3 aromatic rings. The summed E-state index contributed by atoms with van der Waals surface area (Å²) >= 11 is 0. The fourth-order valence-corrected chi connectivity index (χ4v) is 3.90. The summed E-state index contributed by atoms with van der Waals surface area (Å²) in [6.45, 7) is 1.58. The van der Waals surface area contributed by atoms with E-state index in [0.717, 1.165) is 17.5 Å². The number of benzene rings is 1. The second kappa shape index (κ2) is 6.64. The van der Waals surface area contributed by atoms with Crippen LogP contribution >= 0.6 is 0 Å². The van der Waals surface area contributed by atoms with E-state index in [0.29, 0.717) is 29.6 Å². The van der Waals surface area contributed by atoms with Crippen LogP contribution in [0.5, 0.6) is 0 Å². The van der Waals surface area contributed by atoms with Crippen molar-refractivity contribution < 1.29 is 9.18 Å². The Morgan fingerprint density at radius 3 is 2.93 bits per heavy atom. The molecule has 1 aromatic carbocycles. The summed E-state index contributed by atoms with van der Waals surface area (Å²) in [5, 5.41) is 16.9. The van der Waals surface area contributed by atoms with Crippen LogP contribution in [-0.4, -0.2) is 27.2 Å². The Bertz CT molecular complexity index is 1110. The molecule has 2 heterocycles. The normalized spacial score (nSPS) is 21.5. The van der Waals surface area contributed by atoms with Gasteiger partial charge in [0.15, 0.2) is 0 Å². The summed E-state index contributed by atoms with van der Waals surface area (Å²) in [6, 6.07) is 10.9. The van der Waals surface area contributed by atoms with Gasteiger partial charge in [0, 0.05) is 17.3 Å². The molecule has 0 unspecified atom stereocenters. The van der Waals surface area contributed by atoms with E-state index in [1.165, 1.54) is 6.20 Å². The molecule has 1 fully saturated rings. The lowest BCUT2D eigenvalue weighted by atomic mass is 10.0. The second-order valence-corrected chi connectivity index (χ2v) is 7.38. The molecule has 2 aromatic heterocycles.